The molecule has 0 aromatic heterocycles. The number of aliphatic carboxylic acids is 1. The highest BCUT2D eigenvalue weighted by Crippen LogP contribution is 2.44. The second-order valence-corrected chi connectivity index (χ2v) is 8.73. The van der Waals surface area contributed by atoms with E-state index in [1.54, 1.807) is 0 Å². The van der Waals surface area contributed by atoms with Gasteiger partial charge in [-0.2, -0.15) is 0 Å². The number of nitrogens with one attached hydrogen (secondary N) is 2. The highest BCUT2D eigenvalue weighted by molar-refractivity contribution is 5.79. The van der Waals surface area contributed by atoms with Crippen LogP contribution < -0.4 is 10.6 Å². The lowest BCUT2D eigenvalue weighted by Crippen LogP contribution is -2.40. The van der Waals surface area contributed by atoms with Crippen LogP contribution in [-0.2, 0) is 14.3 Å². The maximum Gasteiger partial charge on any atom is 0.407 e. The van der Waals surface area contributed by atoms with Crippen LogP contribution in [0.5, 0.6) is 0 Å². The molecular formula is C26H32N2O5. The summed E-state index contributed by atoms with van der Waals surface area (Å²) in [6, 6.07) is 16.0. The second-order valence-electron chi connectivity index (χ2n) is 8.73. The third kappa shape index (κ3) is 6.57. The van der Waals surface area contributed by atoms with Gasteiger partial charge in [-0.3, -0.25) is 9.59 Å². The zero-order valence-electron chi connectivity index (χ0n) is 19.2. The molecule has 176 valence electrons. The van der Waals surface area contributed by atoms with Crippen LogP contribution in [0, 0.1) is 5.92 Å². The van der Waals surface area contributed by atoms with Gasteiger partial charge in [0.05, 0.1) is 6.42 Å². The third-order valence-electron chi connectivity index (χ3n) is 5.99. The Hall–Kier alpha value is -3.35. The standard InChI is InChI=1S/C26H32N2O5/c1-17(2)23(15-25(30)31)28-24(29)13-7-8-14-27-26(32)33-16-22-20-11-5-3-9-18(20)19-10-4-6-12-21(19)22/h3-6,9-12,17,22-23H,7-8,13-16H2,1-2H3,(H,27,32)(H,28,29)(H,30,31). The first-order chi connectivity index (χ1) is 15.9. The first kappa shape index (κ1) is 24.3. The van der Waals surface area contributed by atoms with Crippen molar-refractivity contribution in [3.8, 4) is 11.1 Å². The first-order valence-corrected chi connectivity index (χ1v) is 11.5. The molecule has 0 radical (unpaired) electrons. The number of carbonyl (C=O) groups excluding carboxylic acids is 2. The van der Waals surface area contributed by atoms with Gasteiger partial charge in [0.2, 0.25) is 5.91 Å². The van der Waals surface area contributed by atoms with Crippen molar-refractivity contribution in [3.63, 3.8) is 0 Å². The van der Waals surface area contributed by atoms with Crippen molar-refractivity contribution in [3.05, 3.63) is 59.7 Å². The van der Waals surface area contributed by atoms with E-state index in [1.807, 2.05) is 38.1 Å². The fourth-order valence-corrected chi connectivity index (χ4v) is 4.17. The Morgan fingerprint density at radius 2 is 1.58 bits per heavy atom. The maximum absolute atomic E-state index is 12.2. The molecule has 7 nitrogen and oxygen atoms in total. The normalized spacial score (nSPS) is 13.2. The van der Waals surface area contributed by atoms with Crippen molar-refractivity contribution >= 4 is 18.0 Å². The maximum atomic E-state index is 12.2. The SMILES string of the molecule is CC(C)C(CC(=O)O)NC(=O)CCCCNC(=O)OCC1c2ccccc2-c2ccccc21. The number of rotatable bonds is 11. The summed E-state index contributed by atoms with van der Waals surface area (Å²) in [5.41, 5.74) is 4.70. The van der Waals surface area contributed by atoms with Gasteiger partial charge in [-0.25, -0.2) is 4.79 Å². The number of amides is 2. The van der Waals surface area contributed by atoms with Gasteiger partial charge in [-0.05, 0) is 41.0 Å². The molecule has 0 bridgehead atoms. The van der Waals surface area contributed by atoms with E-state index in [1.165, 1.54) is 22.3 Å². The summed E-state index contributed by atoms with van der Waals surface area (Å²) in [5, 5.41) is 14.5. The van der Waals surface area contributed by atoms with E-state index in [4.69, 9.17) is 9.84 Å². The molecule has 7 heteroatoms. The number of fused-ring (bicyclic) bond motifs is 3. The molecule has 0 saturated heterocycles. The Kier molecular flexibility index (Phi) is 8.46. The predicted molar refractivity (Wildman–Crippen MR) is 126 cm³/mol. The van der Waals surface area contributed by atoms with Gasteiger partial charge in [0.25, 0.3) is 0 Å². The zero-order valence-corrected chi connectivity index (χ0v) is 19.2. The van der Waals surface area contributed by atoms with E-state index < -0.39 is 12.1 Å². The first-order valence-electron chi connectivity index (χ1n) is 11.5. The number of carboxylic acids is 1. The number of hydrogen-bond acceptors (Lipinski definition) is 4. The summed E-state index contributed by atoms with van der Waals surface area (Å²) in [6.45, 7) is 4.44. The van der Waals surface area contributed by atoms with Crippen molar-refractivity contribution in [1.29, 1.82) is 0 Å². The number of benzene rings is 2. The molecule has 2 aromatic rings. The van der Waals surface area contributed by atoms with Gasteiger partial charge in [0.15, 0.2) is 0 Å². The van der Waals surface area contributed by atoms with Crippen LogP contribution in [0.15, 0.2) is 48.5 Å². The number of alkyl carbamates (subject to hydrolysis) is 1. The van der Waals surface area contributed by atoms with Crippen molar-refractivity contribution in [2.45, 2.75) is 51.5 Å². The van der Waals surface area contributed by atoms with Gasteiger partial charge < -0.3 is 20.5 Å². The van der Waals surface area contributed by atoms with Crippen LogP contribution in [0.3, 0.4) is 0 Å². The summed E-state index contributed by atoms with van der Waals surface area (Å²) in [7, 11) is 0. The average molecular weight is 453 g/mol. The van der Waals surface area contributed by atoms with Crippen LogP contribution in [0.4, 0.5) is 4.79 Å². The third-order valence-corrected chi connectivity index (χ3v) is 5.99. The van der Waals surface area contributed by atoms with E-state index in [9.17, 15) is 14.4 Å². The lowest BCUT2D eigenvalue weighted by molar-refractivity contribution is -0.138. The fraction of sp³-hybridized carbons (Fsp3) is 0.423. The van der Waals surface area contributed by atoms with Crippen LogP contribution >= 0.6 is 0 Å². The predicted octanol–water partition coefficient (Wildman–Crippen LogP) is 4.31. The largest absolute Gasteiger partial charge is 0.481 e. The summed E-state index contributed by atoms with van der Waals surface area (Å²) in [5.74, 6) is -1.04. The Balaban J connectivity index is 1.37. The molecule has 1 unspecified atom stereocenters. The van der Waals surface area contributed by atoms with Crippen molar-refractivity contribution < 1.29 is 24.2 Å². The molecule has 1 atom stereocenters. The van der Waals surface area contributed by atoms with Crippen LogP contribution in [-0.4, -0.2) is 42.3 Å². The quantitative estimate of drug-likeness (QED) is 0.441. The molecule has 1 aliphatic rings. The highest BCUT2D eigenvalue weighted by Gasteiger charge is 2.29. The van der Waals surface area contributed by atoms with E-state index >= 15 is 0 Å². The van der Waals surface area contributed by atoms with Gasteiger partial charge in [-0.15, -0.1) is 0 Å². The van der Waals surface area contributed by atoms with E-state index in [-0.39, 0.29) is 43.2 Å². The average Bonchev–Trinajstić information content (AvgIpc) is 3.10. The lowest BCUT2D eigenvalue weighted by atomic mass is 9.98. The number of carbonyl (C=O) groups is 3. The Labute approximate surface area is 194 Å². The topological polar surface area (TPSA) is 105 Å². The number of ether oxygens (including phenoxy) is 1. The molecule has 3 rings (SSSR count). The Morgan fingerprint density at radius 3 is 2.15 bits per heavy atom. The van der Waals surface area contributed by atoms with E-state index in [0.29, 0.717) is 19.4 Å². The summed E-state index contributed by atoms with van der Waals surface area (Å²) in [6.07, 6.45) is 0.945. The van der Waals surface area contributed by atoms with Crippen LogP contribution in [0.2, 0.25) is 0 Å². The molecule has 0 aliphatic heterocycles. The van der Waals surface area contributed by atoms with Gasteiger partial charge in [0, 0.05) is 24.9 Å². The summed E-state index contributed by atoms with van der Waals surface area (Å²) >= 11 is 0. The van der Waals surface area contributed by atoms with Crippen molar-refractivity contribution in [2.24, 2.45) is 5.92 Å². The summed E-state index contributed by atoms with van der Waals surface area (Å²) < 4.78 is 5.50. The minimum Gasteiger partial charge on any atom is -0.481 e. The lowest BCUT2D eigenvalue weighted by Gasteiger charge is -2.20. The smallest absolute Gasteiger partial charge is 0.407 e. The minimum absolute atomic E-state index is 0.0200. The van der Waals surface area contributed by atoms with E-state index in [0.717, 1.165) is 0 Å². The second kappa shape index (κ2) is 11.5. The molecule has 0 saturated carbocycles. The van der Waals surface area contributed by atoms with Gasteiger partial charge in [0.1, 0.15) is 6.61 Å². The minimum atomic E-state index is -0.929. The molecule has 2 amide bonds. The molecular weight excluding hydrogens is 420 g/mol. The number of hydrogen-bond donors (Lipinski definition) is 3. The zero-order chi connectivity index (χ0) is 23.8. The van der Waals surface area contributed by atoms with Crippen LogP contribution in [0.25, 0.3) is 11.1 Å². The number of unbranched alkanes of at least 4 members (excludes halogenated alkanes) is 1. The number of carboxylic acid groups (broad SMARTS) is 1. The van der Waals surface area contributed by atoms with E-state index in [2.05, 4.69) is 34.9 Å². The Bertz CT molecular complexity index is 943. The van der Waals surface area contributed by atoms with Crippen molar-refractivity contribution in [2.75, 3.05) is 13.2 Å². The monoisotopic (exact) mass is 452 g/mol. The fourth-order valence-electron chi connectivity index (χ4n) is 4.17. The molecule has 2 aromatic carbocycles. The van der Waals surface area contributed by atoms with Crippen LogP contribution in [0.1, 0.15) is 56.6 Å². The summed E-state index contributed by atoms with van der Waals surface area (Å²) in [4.78, 5) is 35.2. The van der Waals surface area contributed by atoms with Crippen molar-refractivity contribution in [1.82, 2.24) is 10.6 Å². The molecule has 0 spiro atoms. The molecule has 0 fully saturated rings. The highest BCUT2D eigenvalue weighted by atomic mass is 16.5. The molecule has 1 aliphatic carbocycles. The molecule has 3 N–H and O–H groups in total. The molecule has 33 heavy (non-hydrogen) atoms. The Morgan fingerprint density at radius 1 is 0.970 bits per heavy atom. The van der Waals surface area contributed by atoms with Gasteiger partial charge >= 0.3 is 12.1 Å². The molecule has 0 heterocycles. The van der Waals surface area contributed by atoms with Gasteiger partial charge in [-0.1, -0.05) is 62.4 Å².